The number of amides is 1. The maximum atomic E-state index is 12.4. The first-order valence-electron chi connectivity index (χ1n) is 7.37. The van der Waals surface area contributed by atoms with Crippen LogP contribution >= 0.6 is 34.5 Å². The lowest BCUT2D eigenvalue weighted by atomic mass is 10.2. The van der Waals surface area contributed by atoms with Gasteiger partial charge in [0.15, 0.2) is 11.5 Å². The summed E-state index contributed by atoms with van der Waals surface area (Å²) in [5.74, 6) is 1.07. The molecule has 0 radical (unpaired) electrons. The minimum Gasteiger partial charge on any atom is -0.454 e. The topological polar surface area (TPSA) is 38.8 Å². The second-order valence-corrected chi connectivity index (χ2v) is 7.33. The second-order valence-electron chi connectivity index (χ2n) is 5.13. The summed E-state index contributed by atoms with van der Waals surface area (Å²) in [6, 6.07) is 7.32. The molecule has 0 saturated carbocycles. The fraction of sp³-hybridized carbons (Fsp3) is 0.235. The molecule has 1 aliphatic rings. The van der Waals surface area contributed by atoms with Gasteiger partial charge in [0.2, 0.25) is 12.7 Å². The third-order valence-corrected chi connectivity index (χ3v) is 5.03. The van der Waals surface area contributed by atoms with Crippen molar-refractivity contribution in [3.63, 3.8) is 0 Å². The Labute approximate surface area is 154 Å². The highest BCUT2D eigenvalue weighted by Gasteiger charge is 2.18. The van der Waals surface area contributed by atoms with Crippen LogP contribution in [0, 0.1) is 0 Å². The van der Waals surface area contributed by atoms with Gasteiger partial charge in [0.25, 0.3) is 0 Å². The van der Waals surface area contributed by atoms with E-state index in [-0.39, 0.29) is 12.7 Å². The number of hydrogen-bond donors (Lipinski definition) is 0. The molecular weight excluding hydrogens is 369 g/mol. The minimum absolute atomic E-state index is 0.0733. The molecule has 24 heavy (non-hydrogen) atoms. The molecule has 0 saturated heterocycles. The van der Waals surface area contributed by atoms with Gasteiger partial charge in [-0.3, -0.25) is 4.79 Å². The van der Waals surface area contributed by atoms with Gasteiger partial charge >= 0.3 is 0 Å². The number of thiophene rings is 1. The number of fused-ring (bicyclic) bond motifs is 1. The van der Waals surface area contributed by atoms with Gasteiger partial charge in [0, 0.05) is 17.5 Å². The lowest BCUT2D eigenvalue weighted by Gasteiger charge is -2.18. The molecule has 126 valence electrons. The molecule has 2 heterocycles. The lowest BCUT2D eigenvalue weighted by Crippen LogP contribution is -2.28. The standard InChI is InChI=1S/C17H15Cl2NO3S/c1-2-20(9-12-4-5-15(19)24-12)16(21)6-3-11-7-13(18)17-14(8-11)22-10-23-17/h3-8H,2,9-10H2,1H3/b6-3+. The number of ether oxygens (including phenoxy) is 2. The zero-order valence-electron chi connectivity index (χ0n) is 12.9. The van der Waals surface area contributed by atoms with E-state index in [1.807, 2.05) is 19.1 Å². The number of hydrogen-bond acceptors (Lipinski definition) is 4. The number of likely N-dealkylation sites (N-methyl/N-ethyl adjacent to an activating group) is 1. The van der Waals surface area contributed by atoms with Gasteiger partial charge in [-0.15, -0.1) is 11.3 Å². The fourth-order valence-corrected chi connectivity index (χ4v) is 3.70. The second kappa shape index (κ2) is 7.47. The van der Waals surface area contributed by atoms with Crippen molar-refractivity contribution in [2.45, 2.75) is 13.5 Å². The van der Waals surface area contributed by atoms with Crippen LogP contribution < -0.4 is 9.47 Å². The number of benzene rings is 1. The van der Waals surface area contributed by atoms with E-state index in [9.17, 15) is 4.79 Å². The van der Waals surface area contributed by atoms with Gasteiger partial charge in [-0.25, -0.2) is 0 Å². The fourth-order valence-electron chi connectivity index (χ4n) is 2.33. The number of carbonyl (C=O) groups excluding carboxylic acids is 1. The molecule has 0 aliphatic carbocycles. The predicted molar refractivity (Wildman–Crippen MR) is 97.0 cm³/mol. The van der Waals surface area contributed by atoms with E-state index >= 15 is 0 Å². The van der Waals surface area contributed by atoms with Gasteiger partial charge < -0.3 is 14.4 Å². The summed E-state index contributed by atoms with van der Waals surface area (Å²) in [5.41, 5.74) is 0.785. The van der Waals surface area contributed by atoms with Crippen LogP contribution in [0.5, 0.6) is 11.5 Å². The summed E-state index contributed by atoms with van der Waals surface area (Å²) in [6.07, 6.45) is 3.26. The van der Waals surface area contributed by atoms with Crippen molar-refractivity contribution < 1.29 is 14.3 Å². The molecule has 1 amide bonds. The van der Waals surface area contributed by atoms with E-state index in [2.05, 4.69) is 0 Å². The Hall–Kier alpha value is -1.69. The Morgan fingerprint density at radius 3 is 2.88 bits per heavy atom. The Morgan fingerprint density at radius 1 is 1.33 bits per heavy atom. The van der Waals surface area contributed by atoms with Gasteiger partial charge in [0.05, 0.1) is 15.9 Å². The van der Waals surface area contributed by atoms with Crippen LogP contribution in [0.1, 0.15) is 17.4 Å². The molecule has 0 N–H and O–H groups in total. The van der Waals surface area contributed by atoms with Crippen LogP contribution in [0.15, 0.2) is 30.3 Å². The van der Waals surface area contributed by atoms with Crippen LogP contribution in [0.25, 0.3) is 6.08 Å². The first-order chi connectivity index (χ1) is 11.6. The van der Waals surface area contributed by atoms with Gasteiger partial charge in [0.1, 0.15) is 0 Å². The first-order valence-corrected chi connectivity index (χ1v) is 8.94. The maximum absolute atomic E-state index is 12.4. The highest BCUT2D eigenvalue weighted by Crippen LogP contribution is 2.40. The van der Waals surface area contributed by atoms with Crippen molar-refractivity contribution >= 4 is 46.5 Å². The van der Waals surface area contributed by atoms with E-state index in [4.69, 9.17) is 32.7 Å². The van der Waals surface area contributed by atoms with Crippen LogP contribution in [0.4, 0.5) is 0 Å². The molecule has 3 rings (SSSR count). The van der Waals surface area contributed by atoms with E-state index in [0.717, 1.165) is 14.8 Å². The molecule has 0 bridgehead atoms. The van der Waals surface area contributed by atoms with Crippen molar-refractivity contribution in [3.8, 4) is 11.5 Å². The highest BCUT2D eigenvalue weighted by molar-refractivity contribution is 7.16. The van der Waals surface area contributed by atoms with Crippen LogP contribution in [0.2, 0.25) is 9.36 Å². The molecule has 2 aromatic rings. The molecule has 7 heteroatoms. The molecule has 1 aromatic heterocycles. The number of carbonyl (C=O) groups is 1. The third kappa shape index (κ3) is 3.86. The molecular formula is C17H15Cl2NO3S. The normalized spacial score (nSPS) is 12.8. The number of rotatable bonds is 5. The SMILES string of the molecule is CCN(Cc1ccc(Cl)s1)C(=O)/C=C/c1cc(Cl)c2c(c1)OCO2. The molecule has 0 atom stereocenters. The van der Waals surface area contributed by atoms with Gasteiger partial charge in [-0.2, -0.15) is 0 Å². The summed E-state index contributed by atoms with van der Waals surface area (Å²) >= 11 is 13.6. The monoisotopic (exact) mass is 383 g/mol. The Bertz CT molecular complexity index is 788. The van der Waals surface area contributed by atoms with Crippen molar-refractivity contribution in [1.29, 1.82) is 0 Å². The summed E-state index contributed by atoms with van der Waals surface area (Å²) < 4.78 is 11.3. The maximum Gasteiger partial charge on any atom is 0.246 e. The lowest BCUT2D eigenvalue weighted by molar-refractivity contribution is -0.126. The average Bonchev–Trinajstić information content (AvgIpc) is 3.19. The largest absolute Gasteiger partial charge is 0.454 e. The summed E-state index contributed by atoms with van der Waals surface area (Å²) in [4.78, 5) is 15.2. The molecule has 0 spiro atoms. The van der Waals surface area contributed by atoms with Gasteiger partial charge in [-0.05, 0) is 42.8 Å². The Morgan fingerprint density at radius 2 is 2.17 bits per heavy atom. The van der Waals surface area contributed by atoms with E-state index in [1.54, 1.807) is 23.1 Å². The first kappa shape index (κ1) is 17.1. The Kier molecular flexibility index (Phi) is 5.33. The highest BCUT2D eigenvalue weighted by atomic mass is 35.5. The number of nitrogens with zero attached hydrogens (tertiary/aromatic N) is 1. The van der Waals surface area contributed by atoms with Crippen molar-refractivity contribution in [1.82, 2.24) is 4.90 Å². The predicted octanol–water partition coefficient (Wildman–Crippen LogP) is 4.85. The third-order valence-electron chi connectivity index (χ3n) is 3.54. The van der Waals surface area contributed by atoms with Crippen molar-refractivity contribution in [3.05, 3.63) is 50.1 Å². The van der Waals surface area contributed by atoms with E-state index in [0.29, 0.717) is 29.6 Å². The summed E-state index contributed by atoms with van der Waals surface area (Å²) in [6.45, 7) is 3.26. The molecule has 4 nitrogen and oxygen atoms in total. The van der Waals surface area contributed by atoms with Crippen molar-refractivity contribution in [2.24, 2.45) is 0 Å². The van der Waals surface area contributed by atoms with Crippen molar-refractivity contribution in [2.75, 3.05) is 13.3 Å². The average molecular weight is 384 g/mol. The minimum atomic E-state index is -0.0733. The molecule has 0 fully saturated rings. The zero-order chi connectivity index (χ0) is 17.1. The Balaban J connectivity index is 1.70. The zero-order valence-corrected chi connectivity index (χ0v) is 15.2. The quantitative estimate of drug-likeness (QED) is 0.692. The summed E-state index contributed by atoms with van der Waals surface area (Å²) in [7, 11) is 0. The molecule has 1 aliphatic heterocycles. The molecule has 1 aromatic carbocycles. The van der Waals surface area contributed by atoms with Crippen LogP contribution in [0.3, 0.4) is 0 Å². The molecule has 0 unspecified atom stereocenters. The van der Waals surface area contributed by atoms with Crippen LogP contribution in [-0.2, 0) is 11.3 Å². The summed E-state index contributed by atoms with van der Waals surface area (Å²) in [5, 5.41) is 0.470. The smallest absolute Gasteiger partial charge is 0.246 e. The van der Waals surface area contributed by atoms with Gasteiger partial charge in [-0.1, -0.05) is 23.2 Å². The number of halogens is 2. The van der Waals surface area contributed by atoms with E-state index < -0.39 is 0 Å². The van der Waals surface area contributed by atoms with Crippen LogP contribution in [-0.4, -0.2) is 24.1 Å². The van der Waals surface area contributed by atoms with E-state index in [1.165, 1.54) is 17.4 Å².